The normalized spacial score (nSPS) is 15.1. The first-order chi connectivity index (χ1) is 14.8. The van der Waals surface area contributed by atoms with E-state index in [9.17, 15) is 18.8 Å². The van der Waals surface area contributed by atoms with Gasteiger partial charge in [0, 0.05) is 17.1 Å². The van der Waals surface area contributed by atoms with Crippen molar-refractivity contribution in [2.24, 2.45) is 0 Å². The number of aromatic nitrogens is 2. The first-order valence-corrected chi connectivity index (χ1v) is 9.71. The summed E-state index contributed by atoms with van der Waals surface area (Å²) in [6.07, 6.45) is -0.266. The third kappa shape index (κ3) is 4.41. The molecule has 2 amide bonds. The standard InChI is InChI=1S/C21H17ClFN5O3/c1-10-5-6-15(14(23)7-10)25-19(30)13-9-16(29)26-18-17(13)20(31)28-21(27-18)24-12-4-2-3-11(22)8-12/h2-8,13H,9H2,1H3,(H,25,30)(H3,24,26,27,28,29,31)/t13-/m0/s1. The van der Waals surface area contributed by atoms with Crippen LogP contribution in [0.3, 0.4) is 0 Å². The van der Waals surface area contributed by atoms with E-state index in [-0.39, 0.29) is 29.4 Å². The zero-order chi connectivity index (χ0) is 22.1. The van der Waals surface area contributed by atoms with Crippen LogP contribution in [0.25, 0.3) is 0 Å². The Morgan fingerprint density at radius 3 is 2.77 bits per heavy atom. The second kappa shape index (κ2) is 8.19. The number of aryl methyl sites for hydroxylation is 1. The second-order valence-electron chi connectivity index (χ2n) is 7.09. The van der Waals surface area contributed by atoms with Gasteiger partial charge in [-0.05, 0) is 42.8 Å². The van der Waals surface area contributed by atoms with Gasteiger partial charge in [0.15, 0.2) is 0 Å². The van der Waals surface area contributed by atoms with Gasteiger partial charge in [-0.1, -0.05) is 23.7 Å². The monoisotopic (exact) mass is 441 g/mol. The molecule has 31 heavy (non-hydrogen) atoms. The van der Waals surface area contributed by atoms with E-state index in [2.05, 4.69) is 25.9 Å². The molecule has 8 nitrogen and oxygen atoms in total. The molecular formula is C21H17ClFN5O3. The van der Waals surface area contributed by atoms with Crippen LogP contribution in [0.15, 0.2) is 47.3 Å². The minimum atomic E-state index is -1.12. The number of carbonyl (C=O) groups is 2. The molecule has 2 heterocycles. The van der Waals surface area contributed by atoms with Crippen LogP contribution in [0.2, 0.25) is 5.02 Å². The van der Waals surface area contributed by atoms with E-state index in [0.29, 0.717) is 16.3 Å². The zero-order valence-corrected chi connectivity index (χ0v) is 17.0. The number of benzene rings is 2. The molecule has 1 aliphatic heterocycles. The molecule has 158 valence electrons. The summed E-state index contributed by atoms with van der Waals surface area (Å²) in [6, 6.07) is 11.1. The van der Waals surface area contributed by atoms with Gasteiger partial charge in [0.25, 0.3) is 5.56 Å². The Balaban J connectivity index is 1.65. The van der Waals surface area contributed by atoms with Crippen LogP contribution >= 0.6 is 11.6 Å². The molecule has 0 saturated heterocycles. The number of amides is 2. The maximum Gasteiger partial charge on any atom is 0.258 e. The molecule has 2 aromatic carbocycles. The van der Waals surface area contributed by atoms with Gasteiger partial charge < -0.3 is 16.0 Å². The summed E-state index contributed by atoms with van der Waals surface area (Å²) >= 11 is 5.96. The minimum absolute atomic E-state index is 0.00117. The minimum Gasteiger partial charge on any atom is -0.326 e. The number of nitrogens with one attached hydrogen (secondary N) is 4. The fraction of sp³-hybridized carbons (Fsp3) is 0.143. The number of aromatic amines is 1. The number of rotatable bonds is 4. The number of hydrogen-bond donors (Lipinski definition) is 4. The molecule has 0 unspecified atom stereocenters. The average molecular weight is 442 g/mol. The summed E-state index contributed by atoms with van der Waals surface area (Å²) in [6.45, 7) is 1.72. The van der Waals surface area contributed by atoms with Gasteiger partial charge in [-0.2, -0.15) is 4.98 Å². The largest absolute Gasteiger partial charge is 0.326 e. The Bertz CT molecular complexity index is 1260. The molecule has 1 aliphatic rings. The van der Waals surface area contributed by atoms with Crippen molar-refractivity contribution in [1.29, 1.82) is 0 Å². The molecule has 0 saturated carbocycles. The number of hydrogen-bond acceptors (Lipinski definition) is 5. The predicted molar refractivity (Wildman–Crippen MR) is 115 cm³/mol. The number of fused-ring (bicyclic) bond motifs is 1. The highest BCUT2D eigenvalue weighted by Gasteiger charge is 2.35. The molecule has 10 heteroatoms. The summed E-state index contributed by atoms with van der Waals surface area (Å²) in [7, 11) is 0. The molecule has 4 N–H and O–H groups in total. The molecule has 3 aromatic rings. The van der Waals surface area contributed by atoms with E-state index in [1.165, 1.54) is 12.1 Å². The van der Waals surface area contributed by atoms with Crippen molar-refractivity contribution >= 4 is 46.6 Å². The van der Waals surface area contributed by atoms with Crippen LogP contribution < -0.4 is 21.5 Å². The van der Waals surface area contributed by atoms with Crippen molar-refractivity contribution in [2.75, 3.05) is 16.0 Å². The Labute approximate surface area is 180 Å². The van der Waals surface area contributed by atoms with E-state index in [4.69, 9.17) is 11.6 Å². The van der Waals surface area contributed by atoms with Gasteiger partial charge in [-0.25, -0.2) is 4.39 Å². The summed E-state index contributed by atoms with van der Waals surface area (Å²) in [4.78, 5) is 44.5. The molecule has 4 rings (SSSR count). The molecule has 0 spiro atoms. The Morgan fingerprint density at radius 1 is 1.23 bits per heavy atom. The lowest BCUT2D eigenvalue weighted by molar-refractivity contribution is -0.123. The fourth-order valence-electron chi connectivity index (χ4n) is 3.30. The second-order valence-corrected chi connectivity index (χ2v) is 7.53. The summed E-state index contributed by atoms with van der Waals surface area (Å²) < 4.78 is 14.1. The highest BCUT2D eigenvalue weighted by molar-refractivity contribution is 6.30. The predicted octanol–water partition coefficient (Wildman–Crippen LogP) is 3.68. The fourth-order valence-corrected chi connectivity index (χ4v) is 3.49. The number of H-pyrrole nitrogens is 1. The number of nitrogens with zero attached hydrogens (tertiary/aromatic N) is 1. The van der Waals surface area contributed by atoms with Gasteiger partial charge >= 0.3 is 0 Å². The highest BCUT2D eigenvalue weighted by atomic mass is 35.5. The van der Waals surface area contributed by atoms with Gasteiger partial charge in [-0.3, -0.25) is 19.4 Å². The number of anilines is 4. The van der Waals surface area contributed by atoms with Crippen molar-refractivity contribution in [3.63, 3.8) is 0 Å². The van der Waals surface area contributed by atoms with Crippen LogP contribution in [0.1, 0.15) is 23.5 Å². The van der Waals surface area contributed by atoms with Crippen molar-refractivity contribution in [3.05, 3.63) is 74.8 Å². The quantitative estimate of drug-likeness (QED) is 0.493. The maximum absolute atomic E-state index is 14.1. The Hall–Kier alpha value is -3.72. The topological polar surface area (TPSA) is 116 Å². The van der Waals surface area contributed by atoms with Crippen molar-refractivity contribution in [1.82, 2.24) is 9.97 Å². The van der Waals surface area contributed by atoms with Crippen molar-refractivity contribution < 1.29 is 14.0 Å². The number of carbonyl (C=O) groups excluding carboxylic acids is 2. The van der Waals surface area contributed by atoms with E-state index in [1.807, 2.05) is 0 Å². The number of halogens is 2. The van der Waals surface area contributed by atoms with Crippen LogP contribution in [-0.4, -0.2) is 21.8 Å². The van der Waals surface area contributed by atoms with Crippen LogP contribution in [0, 0.1) is 12.7 Å². The van der Waals surface area contributed by atoms with Gasteiger partial charge in [0.1, 0.15) is 11.6 Å². The lowest BCUT2D eigenvalue weighted by Gasteiger charge is -2.23. The van der Waals surface area contributed by atoms with E-state index in [0.717, 1.165) is 0 Å². The zero-order valence-electron chi connectivity index (χ0n) is 16.3. The molecule has 1 aromatic heterocycles. The lowest BCUT2D eigenvalue weighted by Crippen LogP contribution is -2.36. The molecule has 1 atom stereocenters. The smallest absolute Gasteiger partial charge is 0.258 e. The van der Waals surface area contributed by atoms with E-state index < -0.39 is 29.1 Å². The van der Waals surface area contributed by atoms with Crippen molar-refractivity contribution in [2.45, 2.75) is 19.3 Å². The van der Waals surface area contributed by atoms with Gasteiger partial charge in [0.2, 0.25) is 17.8 Å². The first-order valence-electron chi connectivity index (χ1n) is 9.34. The highest BCUT2D eigenvalue weighted by Crippen LogP contribution is 2.30. The molecule has 0 fully saturated rings. The molecular weight excluding hydrogens is 425 g/mol. The third-order valence-corrected chi connectivity index (χ3v) is 4.97. The molecule has 0 aliphatic carbocycles. The van der Waals surface area contributed by atoms with Crippen LogP contribution in [-0.2, 0) is 9.59 Å². The van der Waals surface area contributed by atoms with E-state index >= 15 is 0 Å². The van der Waals surface area contributed by atoms with Gasteiger partial charge in [-0.15, -0.1) is 0 Å². The van der Waals surface area contributed by atoms with E-state index in [1.54, 1.807) is 37.3 Å². The van der Waals surface area contributed by atoms with Crippen LogP contribution in [0.5, 0.6) is 0 Å². The maximum atomic E-state index is 14.1. The first kappa shape index (κ1) is 20.5. The Kier molecular flexibility index (Phi) is 5.43. The average Bonchev–Trinajstić information content (AvgIpc) is 2.69. The SMILES string of the molecule is Cc1ccc(NC(=O)[C@H]2CC(=O)Nc3nc(Nc4cccc(Cl)c4)[nH]c(=O)c32)c(F)c1. The third-order valence-electron chi connectivity index (χ3n) is 4.74. The lowest BCUT2D eigenvalue weighted by atomic mass is 9.92. The summed E-state index contributed by atoms with van der Waals surface area (Å²) in [5.74, 6) is -2.86. The summed E-state index contributed by atoms with van der Waals surface area (Å²) in [5, 5.41) is 8.35. The van der Waals surface area contributed by atoms with Crippen LogP contribution in [0.4, 0.5) is 27.5 Å². The summed E-state index contributed by atoms with van der Waals surface area (Å²) in [5.41, 5.74) is 0.632. The Morgan fingerprint density at radius 2 is 2.03 bits per heavy atom. The molecule has 0 radical (unpaired) electrons. The molecule has 0 bridgehead atoms. The van der Waals surface area contributed by atoms with Crippen molar-refractivity contribution in [3.8, 4) is 0 Å². The van der Waals surface area contributed by atoms with Gasteiger partial charge in [0.05, 0.1) is 17.2 Å².